The van der Waals surface area contributed by atoms with Crippen LogP contribution in [0.5, 0.6) is 0 Å². The molecule has 0 unspecified atom stereocenters. The van der Waals surface area contributed by atoms with E-state index in [1.54, 1.807) is 22.7 Å². The Bertz CT molecular complexity index is 874. The van der Waals surface area contributed by atoms with Gasteiger partial charge >= 0.3 is 0 Å². The Hall–Kier alpha value is -2.02. The predicted molar refractivity (Wildman–Crippen MR) is 109 cm³/mol. The number of rotatable bonds is 4. The van der Waals surface area contributed by atoms with Crippen molar-refractivity contribution < 1.29 is 4.79 Å². The van der Waals surface area contributed by atoms with Crippen LogP contribution in [0.2, 0.25) is 0 Å². The van der Waals surface area contributed by atoms with E-state index in [1.165, 1.54) is 0 Å². The minimum atomic E-state index is 0.195. The molecule has 1 aromatic carbocycles. The molecule has 3 heterocycles. The number of amides is 1. The largest absolute Gasteiger partial charge is 0.337 e. The molecule has 1 fully saturated rings. The Balaban J connectivity index is 1.66. The van der Waals surface area contributed by atoms with Crippen molar-refractivity contribution in [2.45, 2.75) is 19.4 Å². The molecule has 26 heavy (non-hydrogen) atoms. The van der Waals surface area contributed by atoms with Crippen LogP contribution < -0.4 is 5.32 Å². The summed E-state index contributed by atoms with van der Waals surface area (Å²) in [5.41, 5.74) is 2.06. The lowest BCUT2D eigenvalue weighted by Gasteiger charge is -2.34. The van der Waals surface area contributed by atoms with Crippen LogP contribution in [0, 0.1) is 0 Å². The fourth-order valence-corrected chi connectivity index (χ4v) is 5.11. The van der Waals surface area contributed by atoms with Crippen molar-refractivity contribution in [3.63, 3.8) is 0 Å². The number of nitrogens with one attached hydrogen (secondary N) is 1. The number of nitrogens with zero attached hydrogens (tertiary/aromatic N) is 2. The maximum absolute atomic E-state index is 12.9. The Labute approximate surface area is 161 Å². The van der Waals surface area contributed by atoms with E-state index in [1.807, 2.05) is 29.2 Å². The second kappa shape index (κ2) is 7.70. The summed E-state index contributed by atoms with van der Waals surface area (Å²) in [6.07, 6.45) is 0.419. The minimum Gasteiger partial charge on any atom is -0.337 e. The third-order valence-corrected chi connectivity index (χ3v) is 6.59. The van der Waals surface area contributed by atoms with Gasteiger partial charge in [0.05, 0.1) is 17.0 Å². The van der Waals surface area contributed by atoms with Crippen LogP contribution >= 0.6 is 22.7 Å². The molecular weight excluding hydrogens is 362 g/mol. The van der Waals surface area contributed by atoms with Crippen LogP contribution in [0.4, 0.5) is 0 Å². The zero-order chi connectivity index (χ0) is 17.9. The van der Waals surface area contributed by atoms with Gasteiger partial charge < -0.3 is 10.2 Å². The first-order valence-electron chi connectivity index (χ1n) is 8.81. The van der Waals surface area contributed by atoms with Gasteiger partial charge in [-0.15, -0.1) is 22.7 Å². The van der Waals surface area contributed by atoms with E-state index in [0.29, 0.717) is 6.42 Å². The van der Waals surface area contributed by atoms with E-state index in [0.717, 1.165) is 45.7 Å². The summed E-state index contributed by atoms with van der Waals surface area (Å²) in [7, 11) is 0. The SMILES string of the molecule is C[C@H]1CNCCN1C(=O)Cc1sc(-c2ccccc2)nc1-c1cccs1. The molecule has 6 heteroatoms. The van der Waals surface area contributed by atoms with Gasteiger partial charge in [-0.3, -0.25) is 4.79 Å². The van der Waals surface area contributed by atoms with Gasteiger partial charge in [0.2, 0.25) is 5.91 Å². The lowest BCUT2D eigenvalue weighted by molar-refractivity contribution is -0.133. The number of thiazole rings is 1. The van der Waals surface area contributed by atoms with Crippen molar-refractivity contribution >= 4 is 28.6 Å². The van der Waals surface area contributed by atoms with E-state index < -0.39 is 0 Å². The lowest BCUT2D eigenvalue weighted by atomic mass is 10.1. The Morgan fingerprint density at radius 3 is 2.85 bits per heavy atom. The Morgan fingerprint density at radius 1 is 1.27 bits per heavy atom. The van der Waals surface area contributed by atoms with Gasteiger partial charge in [-0.1, -0.05) is 36.4 Å². The highest BCUT2D eigenvalue weighted by molar-refractivity contribution is 7.17. The molecule has 1 saturated heterocycles. The predicted octanol–water partition coefficient (Wildman–Crippen LogP) is 3.90. The van der Waals surface area contributed by atoms with E-state index in [4.69, 9.17) is 4.98 Å². The summed E-state index contributed by atoms with van der Waals surface area (Å²) in [6, 6.07) is 14.5. The number of benzene rings is 1. The van der Waals surface area contributed by atoms with Gasteiger partial charge in [-0.2, -0.15) is 0 Å². The molecule has 134 valence electrons. The van der Waals surface area contributed by atoms with Crippen molar-refractivity contribution in [3.8, 4) is 21.1 Å². The van der Waals surface area contributed by atoms with Crippen molar-refractivity contribution in [1.29, 1.82) is 0 Å². The van der Waals surface area contributed by atoms with Crippen LogP contribution in [0.15, 0.2) is 47.8 Å². The van der Waals surface area contributed by atoms with E-state index in [-0.39, 0.29) is 11.9 Å². The van der Waals surface area contributed by atoms with Gasteiger partial charge in [-0.25, -0.2) is 4.98 Å². The molecular formula is C20H21N3OS2. The molecule has 0 spiro atoms. The summed E-state index contributed by atoms with van der Waals surface area (Å²) < 4.78 is 0. The first kappa shape index (κ1) is 17.4. The quantitative estimate of drug-likeness (QED) is 0.743. The number of thiophene rings is 1. The summed E-state index contributed by atoms with van der Waals surface area (Å²) in [5.74, 6) is 0.195. The molecule has 0 aliphatic carbocycles. The van der Waals surface area contributed by atoms with Crippen molar-refractivity contribution in [1.82, 2.24) is 15.2 Å². The van der Waals surface area contributed by atoms with Gasteiger partial charge in [0.25, 0.3) is 0 Å². The van der Waals surface area contributed by atoms with Crippen molar-refractivity contribution in [2.24, 2.45) is 0 Å². The average Bonchev–Trinajstić information content (AvgIpc) is 3.32. The maximum Gasteiger partial charge on any atom is 0.228 e. The molecule has 1 aliphatic rings. The smallest absolute Gasteiger partial charge is 0.228 e. The molecule has 4 nitrogen and oxygen atoms in total. The van der Waals surface area contributed by atoms with E-state index >= 15 is 0 Å². The lowest BCUT2D eigenvalue weighted by Crippen LogP contribution is -2.52. The van der Waals surface area contributed by atoms with Crippen molar-refractivity contribution in [3.05, 3.63) is 52.7 Å². The number of hydrogen-bond acceptors (Lipinski definition) is 5. The Morgan fingerprint density at radius 2 is 2.12 bits per heavy atom. The normalized spacial score (nSPS) is 17.4. The van der Waals surface area contributed by atoms with Crippen molar-refractivity contribution in [2.75, 3.05) is 19.6 Å². The van der Waals surface area contributed by atoms with Gasteiger partial charge in [-0.05, 0) is 18.4 Å². The first-order valence-corrected chi connectivity index (χ1v) is 10.5. The monoisotopic (exact) mass is 383 g/mol. The Kier molecular flexibility index (Phi) is 5.15. The summed E-state index contributed by atoms with van der Waals surface area (Å²) >= 11 is 3.31. The number of hydrogen-bond donors (Lipinski definition) is 1. The highest BCUT2D eigenvalue weighted by Crippen LogP contribution is 2.36. The van der Waals surface area contributed by atoms with Gasteiger partial charge in [0, 0.05) is 36.1 Å². The topological polar surface area (TPSA) is 45.2 Å². The molecule has 1 N–H and O–H groups in total. The fraction of sp³-hybridized carbons (Fsp3) is 0.300. The number of carbonyl (C=O) groups is 1. The van der Waals surface area contributed by atoms with E-state index in [2.05, 4.69) is 35.8 Å². The highest BCUT2D eigenvalue weighted by atomic mass is 32.1. The van der Waals surface area contributed by atoms with Crippen LogP contribution in [-0.2, 0) is 11.2 Å². The summed E-state index contributed by atoms with van der Waals surface area (Å²) in [5, 5.41) is 6.37. The summed E-state index contributed by atoms with van der Waals surface area (Å²) in [4.78, 5) is 22.0. The second-order valence-electron chi connectivity index (χ2n) is 6.45. The molecule has 3 aromatic rings. The number of carbonyl (C=O) groups excluding carboxylic acids is 1. The molecule has 0 bridgehead atoms. The molecule has 1 atom stereocenters. The molecule has 0 saturated carbocycles. The third-order valence-electron chi connectivity index (χ3n) is 4.61. The first-order chi connectivity index (χ1) is 12.7. The van der Waals surface area contributed by atoms with Crippen LogP contribution in [-0.4, -0.2) is 41.5 Å². The van der Waals surface area contributed by atoms with E-state index in [9.17, 15) is 4.79 Å². The second-order valence-corrected chi connectivity index (χ2v) is 8.48. The highest BCUT2D eigenvalue weighted by Gasteiger charge is 2.25. The van der Waals surface area contributed by atoms with Crippen LogP contribution in [0.1, 0.15) is 11.8 Å². The zero-order valence-electron chi connectivity index (χ0n) is 14.6. The molecule has 4 rings (SSSR count). The van der Waals surface area contributed by atoms with Gasteiger partial charge in [0.15, 0.2) is 0 Å². The number of aromatic nitrogens is 1. The number of piperazine rings is 1. The molecule has 1 amide bonds. The standard InChI is InChI=1S/C20H21N3OS2/c1-14-13-21-9-10-23(14)18(24)12-17-19(16-8-5-11-25-16)22-20(26-17)15-6-3-2-4-7-15/h2-8,11,14,21H,9-10,12-13H2,1H3/t14-/m0/s1. The summed E-state index contributed by atoms with van der Waals surface area (Å²) in [6.45, 7) is 4.61. The molecule has 0 radical (unpaired) electrons. The van der Waals surface area contributed by atoms with Crippen LogP contribution in [0.3, 0.4) is 0 Å². The van der Waals surface area contributed by atoms with Gasteiger partial charge in [0.1, 0.15) is 5.01 Å². The average molecular weight is 384 g/mol. The third kappa shape index (κ3) is 3.58. The fourth-order valence-electron chi connectivity index (χ4n) is 3.23. The molecule has 1 aliphatic heterocycles. The minimum absolute atomic E-state index is 0.195. The zero-order valence-corrected chi connectivity index (χ0v) is 16.3. The van der Waals surface area contributed by atoms with Crippen LogP contribution in [0.25, 0.3) is 21.1 Å². The maximum atomic E-state index is 12.9. The molecule has 2 aromatic heterocycles.